The Bertz CT molecular complexity index is 829. The van der Waals surface area contributed by atoms with Crippen molar-refractivity contribution in [2.75, 3.05) is 0 Å². The third kappa shape index (κ3) is 3.27. The van der Waals surface area contributed by atoms with E-state index in [9.17, 15) is 14.9 Å². The number of hydrogen-bond donors (Lipinski definition) is 1. The fourth-order valence-corrected chi connectivity index (χ4v) is 2.76. The lowest BCUT2D eigenvalue weighted by Crippen LogP contribution is -2.22. The van der Waals surface area contributed by atoms with Crippen molar-refractivity contribution >= 4 is 22.9 Å². The highest BCUT2D eigenvalue weighted by Gasteiger charge is 2.18. The Morgan fingerprint density at radius 2 is 2.26 bits per heavy atom. The van der Waals surface area contributed by atoms with Crippen LogP contribution in [0.5, 0.6) is 0 Å². The van der Waals surface area contributed by atoms with Gasteiger partial charge in [-0.1, -0.05) is 6.07 Å². The molecule has 0 aliphatic carbocycles. The summed E-state index contributed by atoms with van der Waals surface area (Å²) in [5, 5.41) is 16.0. The zero-order chi connectivity index (χ0) is 16.2. The number of aromatic nitrogens is 2. The Morgan fingerprint density at radius 1 is 1.39 bits per heavy atom. The van der Waals surface area contributed by atoms with Crippen LogP contribution < -0.4 is 5.32 Å². The van der Waals surface area contributed by atoms with Gasteiger partial charge in [0, 0.05) is 28.9 Å². The molecule has 0 radical (unpaired) electrons. The smallest absolute Gasteiger partial charge is 0.294 e. The second-order valence-corrected chi connectivity index (χ2v) is 5.72. The topological polar surface area (TPSA) is 90.1 Å². The maximum absolute atomic E-state index is 12.2. The van der Waals surface area contributed by atoms with Crippen LogP contribution in [0.25, 0.3) is 5.69 Å². The number of thiophene rings is 1. The fourth-order valence-electron chi connectivity index (χ4n) is 2.11. The standard InChI is InChI=1S/C15H12N4O3S/c20-15(17-9-12-2-1-7-23-12)11-3-4-13(14(8-11)19(21)22)18-6-5-16-10-18/h1-8,10H,9H2,(H,17,20). The Morgan fingerprint density at radius 3 is 2.91 bits per heavy atom. The van der Waals surface area contributed by atoms with Gasteiger partial charge in [0.2, 0.25) is 0 Å². The molecule has 1 N–H and O–H groups in total. The largest absolute Gasteiger partial charge is 0.347 e. The van der Waals surface area contributed by atoms with E-state index in [1.54, 1.807) is 18.3 Å². The van der Waals surface area contributed by atoms with Gasteiger partial charge in [0.25, 0.3) is 11.6 Å². The molecule has 3 rings (SSSR count). The number of hydrogen-bond acceptors (Lipinski definition) is 5. The normalized spacial score (nSPS) is 10.4. The van der Waals surface area contributed by atoms with Crippen molar-refractivity contribution in [1.29, 1.82) is 0 Å². The van der Waals surface area contributed by atoms with Crippen LogP contribution in [0.2, 0.25) is 0 Å². The van der Waals surface area contributed by atoms with E-state index in [4.69, 9.17) is 0 Å². The van der Waals surface area contributed by atoms with Crippen molar-refractivity contribution in [3.05, 3.63) is 75.0 Å². The number of nitrogens with one attached hydrogen (secondary N) is 1. The molecule has 116 valence electrons. The molecule has 0 aliphatic rings. The molecule has 0 aliphatic heterocycles. The van der Waals surface area contributed by atoms with Crippen molar-refractivity contribution in [3.8, 4) is 5.69 Å². The molecule has 0 atom stereocenters. The Labute approximate surface area is 135 Å². The SMILES string of the molecule is O=C(NCc1cccs1)c1ccc(-n2ccnc2)c([N+](=O)[O-])c1. The molecular weight excluding hydrogens is 316 g/mol. The van der Waals surface area contributed by atoms with Crippen molar-refractivity contribution in [2.45, 2.75) is 6.54 Å². The average molecular weight is 328 g/mol. The Hall–Kier alpha value is -3.00. The van der Waals surface area contributed by atoms with Crippen LogP contribution in [0, 0.1) is 10.1 Å². The third-order valence-corrected chi connectivity index (χ3v) is 4.10. The minimum atomic E-state index is -0.509. The number of nitrogens with zero attached hydrogens (tertiary/aromatic N) is 3. The number of rotatable bonds is 5. The number of nitro benzene ring substituents is 1. The van der Waals surface area contributed by atoms with Crippen LogP contribution in [0.4, 0.5) is 5.69 Å². The van der Waals surface area contributed by atoms with E-state index in [2.05, 4.69) is 10.3 Å². The van der Waals surface area contributed by atoms with E-state index in [0.717, 1.165) is 4.88 Å². The molecule has 1 amide bonds. The van der Waals surface area contributed by atoms with E-state index < -0.39 is 4.92 Å². The van der Waals surface area contributed by atoms with Crippen LogP contribution in [-0.2, 0) is 6.54 Å². The van der Waals surface area contributed by atoms with Gasteiger partial charge in [-0.05, 0) is 23.6 Å². The van der Waals surface area contributed by atoms with Gasteiger partial charge < -0.3 is 9.88 Å². The Balaban J connectivity index is 1.84. The zero-order valence-corrected chi connectivity index (χ0v) is 12.7. The lowest BCUT2D eigenvalue weighted by atomic mass is 10.1. The van der Waals surface area contributed by atoms with Crippen LogP contribution in [0.1, 0.15) is 15.2 Å². The number of carbonyl (C=O) groups is 1. The minimum absolute atomic E-state index is 0.147. The van der Waals surface area contributed by atoms with Gasteiger partial charge in [0.15, 0.2) is 0 Å². The van der Waals surface area contributed by atoms with Gasteiger partial charge >= 0.3 is 0 Å². The molecule has 0 saturated heterocycles. The maximum Gasteiger partial charge on any atom is 0.294 e. The van der Waals surface area contributed by atoms with Gasteiger partial charge in [0.1, 0.15) is 5.69 Å². The molecule has 7 nitrogen and oxygen atoms in total. The van der Waals surface area contributed by atoms with Crippen molar-refractivity contribution in [3.63, 3.8) is 0 Å². The highest BCUT2D eigenvalue weighted by atomic mass is 32.1. The third-order valence-electron chi connectivity index (χ3n) is 3.22. The second-order valence-electron chi connectivity index (χ2n) is 4.69. The van der Waals surface area contributed by atoms with Gasteiger partial charge in [-0.15, -0.1) is 11.3 Å². The fraction of sp³-hybridized carbons (Fsp3) is 0.0667. The maximum atomic E-state index is 12.2. The van der Waals surface area contributed by atoms with Gasteiger partial charge in [-0.3, -0.25) is 14.9 Å². The highest BCUT2D eigenvalue weighted by Crippen LogP contribution is 2.24. The number of benzene rings is 1. The number of amides is 1. The average Bonchev–Trinajstić information content (AvgIpc) is 3.25. The van der Waals surface area contributed by atoms with Gasteiger partial charge in [-0.2, -0.15) is 0 Å². The summed E-state index contributed by atoms with van der Waals surface area (Å²) in [6.07, 6.45) is 4.61. The summed E-state index contributed by atoms with van der Waals surface area (Å²) in [5.74, 6) is -0.348. The summed E-state index contributed by atoms with van der Waals surface area (Å²) in [4.78, 5) is 27.8. The van der Waals surface area contributed by atoms with Gasteiger partial charge in [0.05, 0.1) is 17.8 Å². The summed E-state index contributed by atoms with van der Waals surface area (Å²) in [6, 6.07) is 8.19. The first-order valence-corrected chi connectivity index (χ1v) is 7.60. The molecule has 0 unspecified atom stereocenters. The summed E-state index contributed by atoms with van der Waals surface area (Å²) in [5.41, 5.74) is 0.464. The Kier molecular flexibility index (Phi) is 4.15. The van der Waals surface area contributed by atoms with Crippen LogP contribution in [0.3, 0.4) is 0 Å². The molecule has 23 heavy (non-hydrogen) atoms. The summed E-state index contributed by atoms with van der Waals surface area (Å²) in [7, 11) is 0. The second kappa shape index (κ2) is 6.41. The number of carbonyl (C=O) groups excluding carboxylic acids is 1. The van der Waals surface area contributed by atoms with E-state index in [1.807, 2.05) is 17.5 Å². The quantitative estimate of drug-likeness (QED) is 0.576. The first-order chi connectivity index (χ1) is 11.1. The van der Waals surface area contributed by atoms with E-state index in [0.29, 0.717) is 12.2 Å². The summed E-state index contributed by atoms with van der Waals surface area (Å²) >= 11 is 1.54. The molecule has 2 aromatic heterocycles. The molecule has 2 heterocycles. The van der Waals surface area contributed by atoms with E-state index >= 15 is 0 Å². The van der Waals surface area contributed by atoms with Crippen LogP contribution >= 0.6 is 11.3 Å². The molecule has 0 fully saturated rings. The predicted molar refractivity (Wildman–Crippen MR) is 85.7 cm³/mol. The number of nitro groups is 1. The van der Waals surface area contributed by atoms with E-state index in [1.165, 1.54) is 34.5 Å². The van der Waals surface area contributed by atoms with Crippen molar-refractivity contribution in [1.82, 2.24) is 14.9 Å². The van der Waals surface area contributed by atoms with Gasteiger partial charge in [-0.25, -0.2) is 4.98 Å². The molecule has 0 bridgehead atoms. The molecule has 0 saturated carbocycles. The van der Waals surface area contributed by atoms with Crippen molar-refractivity contribution < 1.29 is 9.72 Å². The first-order valence-electron chi connectivity index (χ1n) is 6.72. The monoisotopic (exact) mass is 328 g/mol. The molecular formula is C15H12N4O3S. The lowest BCUT2D eigenvalue weighted by molar-refractivity contribution is -0.384. The summed E-state index contributed by atoms with van der Waals surface area (Å²) < 4.78 is 1.53. The summed E-state index contributed by atoms with van der Waals surface area (Å²) in [6.45, 7) is 0.396. The van der Waals surface area contributed by atoms with Crippen LogP contribution in [0.15, 0.2) is 54.4 Å². The zero-order valence-electron chi connectivity index (χ0n) is 11.9. The van der Waals surface area contributed by atoms with E-state index in [-0.39, 0.29) is 17.2 Å². The van der Waals surface area contributed by atoms with Crippen molar-refractivity contribution in [2.24, 2.45) is 0 Å². The minimum Gasteiger partial charge on any atom is -0.347 e. The highest BCUT2D eigenvalue weighted by molar-refractivity contribution is 7.09. The molecule has 1 aromatic carbocycles. The molecule has 0 spiro atoms. The predicted octanol–water partition coefficient (Wildman–Crippen LogP) is 2.77. The molecule has 8 heteroatoms. The van der Waals surface area contributed by atoms with Crippen LogP contribution in [-0.4, -0.2) is 20.4 Å². The first kappa shape index (κ1) is 14.9. The number of imidazole rings is 1. The molecule has 3 aromatic rings. The lowest BCUT2D eigenvalue weighted by Gasteiger charge is -2.07.